The van der Waals surface area contributed by atoms with Gasteiger partial charge in [0, 0.05) is 44.3 Å². The number of sulfonamides is 1. The van der Waals surface area contributed by atoms with E-state index in [0.29, 0.717) is 12.1 Å². The molecule has 31 heavy (non-hydrogen) atoms. The Hall–Kier alpha value is -2.26. The topological polar surface area (TPSA) is 81.7 Å². The van der Waals surface area contributed by atoms with E-state index < -0.39 is 10.0 Å². The Morgan fingerprint density at radius 3 is 2.32 bits per heavy atom. The van der Waals surface area contributed by atoms with Crippen molar-refractivity contribution < 1.29 is 13.2 Å². The molecular weight excluding hydrogens is 412 g/mol. The van der Waals surface area contributed by atoms with Crippen molar-refractivity contribution in [3.05, 3.63) is 65.7 Å². The first-order valence-corrected chi connectivity index (χ1v) is 12.1. The quantitative estimate of drug-likeness (QED) is 0.652. The number of likely N-dealkylation sites (N-methyl/N-ethyl adjacent to an activating group) is 1. The van der Waals surface area contributed by atoms with Gasteiger partial charge in [0.2, 0.25) is 10.0 Å². The van der Waals surface area contributed by atoms with Crippen LogP contribution in [0.25, 0.3) is 0 Å². The third kappa shape index (κ3) is 6.61. The first kappa shape index (κ1) is 23.4. The summed E-state index contributed by atoms with van der Waals surface area (Å²) in [5.74, 6) is -0.287. The van der Waals surface area contributed by atoms with E-state index in [2.05, 4.69) is 26.9 Å². The fraction of sp³-hybridized carbons (Fsp3) is 0.435. The van der Waals surface area contributed by atoms with Gasteiger partial charge in [-0.3, -0.25) is 9.69 Å². The van der Waals surface area contributed by atoms with Crippen LogP contribution in [-0.2, 0) is 10.0 Å². The second kappa shape index (κ2) is 10.4. The summed E-state index contributed by atoms with van der Waals surface area (Å²) in [7, 11) is -1.55. The molecule has 1 aliphatic heterocycles. The molecule has 1 fully saturated rings. The lowest BCUT2D eigenvalue weighted by Gasteiger charge is -2.35. The Labute approximate surface area is 185 Å². The average Bonchev–Trinajstić information content (AvgIpc) is 2.74. The minimum absolute atomic E-state index is 0.0872. The number of nitrogens with one attached hydrogen (secondary N) is 2. The maximum absolute atomic E-state index is 13.1. The largest absolute Gasteiger partial charge is 0.344 e. The first-order chi connectivity index (χ1) is 14.7. The van der Waals surface area contributed by atoms with Crippen LogP contribution in [0.3, 0.4) is 0 Å². The van der Waals surface area contributed by atoms with Crippen LogP contribution in [-0.4, -0.2) is 69.9 Å². The van der Waals surface area contributed by atoms with Crippen molar-refractivity contribution in [3.63, 3.8) is 0 Å². The van der Waals surface area contributed by atoms with Gasteiger partial charge < -0.3 is 10.2 Å². The Morgan fingerprint density at radius 2 is 1.68 bits per heavy atom. The maximum atomic E-state index is 13.1. The van der Waals surface area contributed by atoms with Gasteiger partial charge in [0.15, 0.2) is 0 Å². The third-order valence-electron chi connectivity index (χ3n) is 5.34. The predicted octanol–water partition coefficient (Wildman–Crippen LogP) is 2.09. The minimum atomic E-state index is -3.67. The van der Waals surface area contributed by atoms with E-state index in [1.807, 2.05) is 30.3 Å². The molecule has 1 atom stereocenters. The first-order valence-electron chi connectivity index (χ1n) is 10.6. The zero-order chi connectivity index (χ0) is 22.4. The molecule has 168 valence electrons. The number of nitrogens with zero attached hydrogens (tertiary/aromatic N) is 2. The molecule has 1 unspecified atom stereocenters. The highest BCUT2D eigenvalue weighted by atomic mass is 32.2. The molecule has 1 amide bonds. The number of amides is 1. The van der Waals surface area contributed by atoms with Crippen LogP contribution in [0.4, 0.5) is 0 Å². The number of hydrogen-bond donors (Lipinski definition) is 2. The van der Waals surface area contributed by atoms with Crippen LogP contribution in [0.1, 0.15) is 35.8 Å². The number of rotatable bonds is 8. The normalized spacial score (nSPS) is 16.9. The highest BCUT2D eigenvalue weighted by Crippen LogP contribution is 2.18. The van der Waals surface area contributed by atoms with Gasteiger partial charge in [-0.1, -0.05) is 36.4 Å². The highest BCUT2D eigenvalue weighted by molar-refractivity contribution is 7.89. The summed E-state index contributed by atoms with van der Waals surface area (Å²) in [4.78, 5) is 17.8. The zero-order valence-corrected chi connectivity index (χ0v) is 19.2. The van der Waals surface area contributed by atoms with Gasteiger partial charge in [-0.05, 0) is 44.7 Å². The number of carbonyl (C=O) groups excluding carboxylic acids is 1. The van der Waals surface area contributed by atoms with Crippen LogP contribution < -0.4 is 10.0 Å². The fourth-order valence-electron chi connectivity index (χ4n) is 3.63. The second-order valence-electron chi connectivity index (χ2n) is 8.34. The molecular formula is C23H32N4O3S. The Bertz CT molecular complexity index is 971. The summed E-state index contributed by atoms with van der Waals surface area (Å²) in [5, 5.41) is 3.12. The smallest absolute Gasteiger partial charge is 0.251 e. The van der Waals surface area contributed by atoms with Gasteiger partial charge in [-0.15, -0.1) is 0 Å². The van der Waals surface area contributed by atoms with E-state index in [9.17, 15) is 13.2 Å². The van der Waals surface area contributed by atoms with Gasteiger partial charge >= 0.3 is 0 Å². The van der Waals surface area contributed by atoms with E-state index in [0.717, 1.165) is 31.7 Å². The zero-order valence-electron chi connectivity index (χ0n) is 18.4. The van der Waals surface area contributed by atoms with Crippen molar-refractivity contribution in [2.45, 2.75) is 30.8 Å². The van der Waals surface area contributed by atoms with Crippen molar-refractivity contribution >= 4 is 15.9 Å². The van der Waals surface area contributed by atoms with Crippen molar-refractivity contribution in [2.75, 3.05) is 39.8 Å². The fourth-order valence-corrected chi connectivity index (χ4v) is 4.93. The molecule has 0 spiro atoms. The number of piperazine rings is 1. The predicted molar refractivity (Wildman–Crippen MR) is 122 cm³/mol. The van der Waals surface area contributed by atoms with Gasteiger partial charge in [0.25, 0.3) is 5.91 Å². The Kier molecular flexibility index (Phi) is 7.83. The van der Waals surface area contributed by atoms with E-state index >= 15 is 0 Å². The number of benzene rings is 2. The Morgan fingerprint density at radius 1 is 1.00 bits per heavy atom. The van der Waals surface area contributed by atoms with Gasteiger partial charge in [-0.25, -0.2) is 13.1 Å². The molecule has 0 radical (unpaired) electrons. The van der Waals surface area contributed by atoms with E-state index in [1.165, 1.54) is 12.1 Å². The Balaban J connectivity index is 1.78. The lowest BCUT2D eigenvalue weighted by Crippen LogP contribution is -2.47. The molecule has 3 rings (SSSR count). The van der Waals surface area contributed by atoms with Crippen LogP contribution in [0.5, 0.6) is 0 Å². The third-order valence-corrected chi connectivity index (χ3v) is 7.00. The monoisotopic (exact) mass is 444 g/mol. The highest BCUT2D eigenvalue weighted by Gasteiger charge is 2.23. The van der Waals surface area contributed by atoms with E-state index in [-0.39, 0.29) is 22.9 Å². The SMILES string of the molecule is CC(C)NS(=O)(=O)c1cccc(C(=O)NC(CN2CCN(C)CC2)c2ccccc2)c1. The molecule has 8 heteroatoms. The van der Waals surface area contributed by atoms with Crippen molar-refractivity contribution in [1.29, 1.82) is 0 Å². The van der Waals surface area contributed by atoms with Gasteiger partial charge in [0.05, 0.1) is 10.9 Å². The summed E-state index contributed by atoms with van der Waals surface area (Å²) in [5.41, 5.74) is 1.35. The molecule has 1 aliphatic rings. The van der Waals surface area contributed by atoms with Crippen molar-refractivity contribution in [2.24, 2.45) is 0 Å². The number of hydrogen-bond acceptors (Lipinski definition) is 5. The van der Waals surface area contributed by atoms with Crippen LogP contribution in [0.2, 0.25) is 0 Å². The standard InChI is InChI=1S/C23H32N4O3S/c1-18(2)25-31(29,30)21-11-7-10-20(16-21)23(28)24-22(19-8-5-4-6-9-19)17-27-14-12-26(3)13-15-27/h4-11,16,18,22,25H,12-15,17H2,1-3H3,(H,24,28). The summed E-state index contributed by atoms with van der Waals surface area (Å²) < 4.78 is 27.5. The molecule has 0 bridgehead atoms. The molecule has 7 nitrogen and oxygen atoms in total. The van der Waals surface area contributed by atoms with Crippen molar-refractivity contribution in [1.82, 2.24) is 19.8 Å². The van der Waals surface area contributed by atoms with Crippen molar-refractivity contribution in [3.8, 4) is 0 Å². The summed E-state index contributed by atoms with van der Waals surface area (Å²) in [6.07, 6.45) is 0. The summed E-state index contributed by atoms with van der Waals surface area (Å²) in [6, 6.07) is 15.6. The molecule has 1 heterocycles. The minimum Gasteiger partial charge on any atom is -0.344 e. The molecule has 2 aromatic carbocycles. The second-order valence-corrected chi connectivity index (χ2v) is 10.1. The van der Waals surface area contributed by atoms with Crippen LogP contribution in [0, 0.1) is 0 Å². The summed E-state index contributed by atoms with van der Waals surface area (Å²) >= 11 is 0. The molecule has 0 aromatic heterocycles. The molecule has 0 saturated carbocycles. The van der Waals surface area contributed by atoms with E-state index in [1.54, 1.807) is 26.0 Å². The van der Waals surface area contributed by atoms with E-state index in [4.69, 9.17) is 0 Å². The molecule has 2 N–H and O–H groups in total. The molecule has 2 aromatic rings. The maximum Gasteiger partial charge on any atom is 0.251 e. The van der Waals surface area contributed by atoms with Crippen LogP contribution in [0.15, 0.2) is 59.5 Å². The lowest BCUT2D eigenvalue weighted by molar-refractivity contribution is 0.0907. The number of carbonyl (C=O) groups is 1. The summed E-state index contributed by atoms with van der Waals surface area (Å²) in [6.45, 7) is 8.12. The molecule has 1 saturated heterocycles. The average molecular weight is 445 g/mol. The van der Waals surface area contributed by atoms with Gasteiger partial charge in [0.1, 0.15) is 0 Å². The van der Waals surface area contributed by atoms with Gasteiger partial charge in [-0.2, -0.15) is 0 Å². The molecule has 0 aliphatic carbocycles. The lowest BCUT2D eigenvalue weighted by atomic mass is 10.0. The van der Waals surface area contributed by atoms with Crippen LogP contribution >= 0.6 is 0 Å².